The van der Waals surface area contributed by atoms with Gasteiger partial charge in [0.15, 0.2) is 0 Å². The van der Waals surface area contributed by atoms with Crippen LogP contribution in [0, 0.1) is 22.7 Å². The lowest BCUT2D eigenvalue weighted by Gasteiger charge is -2.65. The molecule has 2 N–H and O–H groups in total. The molecule has 4 aliphatic rings. The third-order valence-corrected chi connectivity index (χ3v) is 11.1. The second-order valence-electron chi connectivity index (χ2n) is 12.4. The second-order valence-corrected chi connectivity index (χ2v) is 12.4. The molecule has 0 radical (unpaired) electrons. The van der Waals surface area contributed by atoms with Crippen LogP contribution in [0.3, 0.4) is 0 Å². The van der Waals surface area contributed by atoms with E-state index >= 15 is 0 Å². The molecule has 0 spiro atoms. The van der Waals surface area contributed by atoms with Gasteiger partial charge in [-0.15, -0.1) is 0 Å². The largest absolute Gasteiger partial charge is 0.459 e. The van der Waals surface area contributed by atoms with E-state index in [-0.39, 0.29) is 29.8 Å². The first-order valence-corrected chi connectivity index (χ1v) is 13.9. The smallest absolute Gasteiger partial charge is 0.338 e. The first-order chi connectivity index (χ1) is 18.2. The van der Waals surface area contributed by atoms with E-state index in [0.717, 1.165) is 24.7 Å². The molecule has 1 aromatic carbocycles. The van der Waals surface area contributed by atoms with Crippen molar-refractivity contribution in [3.63, 3.8) is 0 Å². The second kappa shape index (κ2) is 8.88. The summed E-state index contributed by atoms with van der Waals surface area (Å²) in [6.07, 6.45) is 7.02. The average molecular weight is 521 g/mol. The Morgan fingerprint density at radius 2 is 1.74 bits per heavy atom. The van der Waals surface area contributed by atoms with Gasteiger partial charge in [0.1, 0.15) is 12.4 Å². The van der Waals surface area contributed by atoms with Crippen molar-refractivity contribution in [1.29, 1.82) is 0 Å². The Bertz CT molecular complexity index is 1270. The minimum Gasteiger partial charge on any atom is -0.459 e. The Labute approximate surface area is 222 Å². The number of ether oxygens (including phenoxy) is 1. The van der Waals surface area contributed by atoms with Crippen molar-refractivity contribution in [2.45, 2.75) is 87.9 Å². The quantitative estimate of drug-likeness (QED) is 0.454. The van der Waals surface area contributed by atoms with E-state index in [2.05, 4.69) is 6.92 Å². The number of aliphatic hydroxyl groups is 2. The molecule has 0 aliphatic heterocycles. The highest BCUT2D eigenvalue weighted by atomic mass is 16.5. The van der Waals surface area contributed by atoms with Crippen LogP contribution in [-0.2, 0) is 9.53 Å². The first-order valence-electron chi connectivity index (χ1n) is 13.9. The highest BCUT2D eigenvalue weighted by Gasteiger charge is 2.71. The summed E-state index contributed by atoms with van der Waals surface area (Å²) >= 11 is 0. The van der Waals surface area contributed by atoms with Gasteiger partial charge in [-0.2, -0.15) is 0 Å². The van der Waals surface area contributed by atoms with E-state index in [1.807, 2.05) is 12.1 Å². The van der Waals surface area contributed by atoms with Crippen LogP contribution in [0.1, 0.15) is 86.6 Å². The minimum atomic E-state index is -1.28. The zero-order chi connectivity index (χ0) is 26.8. The number of esters is 1. The summed E-state index contributed by atoms with van der Waals surface area (Å²) in [4.78, 5) is 37.2. The highest BCUT2D eigenvalue weighted by Crippen LogP contribution is 2.71. The predicted molar refractivity (Wildman–Crippen MR) is 138 cm³/mol. The molecule has 2 aromatic rings. The molecule has 38 heavy (non-hydrogen) atoms. The lowest BCUT2D eigenvalue weighted by atomic mass is 9.41. The molecular weight excluding hydrogens is 484 g/mol. The van der Waals surface area contributed by atoms with Gasteiger partial charge in [0, 0.05) is 17.9 Å². The van der Waals surface area contributed by atoms with Crippen LogP contribution in [0.2, 0.25) is 0 Å². The molecule has 1 aromatic heterocycles. The lowest BCUT2D eigenvalue weighted by Crippen LogP contribution is -2.68. The standard InChI is InChI=1S/C31H36O7/c1-28-13-10-24-25(31(28,36)16-12-23(28)21-7-8-26(33)37-18-21)11-15-30(35)17-22(9-14-29(24,30)19-32)38-27(34)20-5-3-2-4-6-20/h2-8,18-19,22-25,35-36H,9-17H2,1H3. The van der Waals surface area contributed by atoms with Gasteiger partial charge in [0.25, 0.3) is 0 Å². The van der Waals surface area contributed by atoms with E-state index < -0.39 is 34.1 Å². The fourth-order valence-corrected chi connectivity index (χ4v) is 9.13. The van der Waals surface area contributed by atoms with E-state index in [0.29, 0.717) is 44.1 Å². The number of aldehydes is 1. The zero-order valence-electron chi connectivity index (χ0n) is 21.8. The summed E-state index contributed by atoms with van der Waals surface area (Å²) in [6, 6.07) is 12.1. The highest BCUT2D eigenvalue weighted by molar-refractivity contribution is 5.89. The molecule has 4 fully saturated rings. The molecule has 0 saturated heterocycles. The number of carbonyl (C=O) groups is 2. The molecule has 8 atom stereocenters. The van der Waals surface area contributed by atoms with Gasteiger partial charge < -0.3 is 24.2 Å². The maximum Gasteiger partial charge on any atom is 0.338 e. The summed E-state index contributed by atoms with van der Waals surface area (Å²) in [5, 5.41) is 24.4. The Balaban J connectivity index is 1.26. The Morgan fingerprint density at radius 1 is 0.974 bits per heavy atom. The van der Waals surface area contributed by atoms with Crippen molar-refractivity contribution in [2.24, 2.45) is 22.7 Å². The molecule has 0 bridgehead atoms. The number of rotatable bonds is 4. The normalized spacial score (nSPS) is 41.9. The van der Waals surface area contributed by atoms with Crippen molar-refractivity contribution in [3.05, 3.63) is 70.3 Å². The summed E-state index contributed by atoms with van der Waals surface area (Å²) in [5.74, 6) is -0.618. The van der Waals surface area contributed by atoms with Crippen molar-refractivity contribution >= 4 is 12.3 Å². The van der Waals surface area contributed by atoms with Crippen LogP contribution in [0.5, 0.6) is 0 Å². The molecule has 1 heterocycles. The summed E-state index contributed by atoms with van der Waals surface area (Å²) < 4.78 is 11.0. The summed E-state index contributed by atoms with van der Waals surface area (Å²) in [5.41, 5.74) is -2.64. The Hall–Kier alpha value is -2.77. The van der Waals surface area contributed by atoms with Crippen molar-refractivity contribution < 1.29 is 29.0 Å². The predicted octanol–water partition coefficient (Wildman–Crippen LogP) is 4.40. The molecule has 6 rings (SSSR count). The molecule has 202 valence electrons. The summed E-state index contributed by atoms with van der Waals surface area (Å²) in [6.45, 7) is 2.14. The van der Waals surface area contributed by atoms with Crippen LogP contribution >= 0.6 is 0 Å². The molecular formula is C31H36O7. The van der Waals surface area contributed by atoms with Crippen LogP contribution in [-0.4, -0.2) is 39.8 Å². The molecule has 7 heteroatoms. The molecule has 0 amide bonds. The number of hydrogen-bond donors (Lipinski definition) is 2. The van der Waals surface area contributed by atoms with E-state index in [9.17, 15) is 24.6 Å². The number of hydrogen-bond acceptors (Lipinski definition) is 7. The van der Waals surface area contributed by atoms with Gasteiger partial charge in [-0.1, -0.05) is 25.1 Å². The third kappa shape index (κ3) is 3.51. The van der Waals surface area contributed by atoms with Crippen molar-refractivity contribution in [2.75, 3.05) is 0 Å². The van der Waals surface area contributed by atoms with Gasteiger partial charge in [-0.25, -0.2) is 9.59 Å². The van der Waals surface area contributed by atoms with E-state index in [1.165, 1.54) is 12.3 Å². The fourth-order valence-electron chi connectivity index (χ4n) is 9.13. The number of fused-ring (bicyclic) bond motifs is 5. The van der Waals surface area contributed by atoms with Gasteiger partial charge in [0.05, 0.1) is 28.4 Å². The van der Waals surface area contributed by atoms with Crippen LogP contribution in [0.15, 0.2) is 57.9 Å². The Morgan fingerprint density at radius 3 is 2.45 bits per heavy atom. The fraction of sp³-hybridized carbons (Fsp3) is 0.581. The van der Waals surface area contributed by atoms with E-state index in [1.54, 1.807) is 24.3 Å². The molecule has 8 unspecified atom stereocenters. The van der Waals surface area contributed by atoms with Gasteiger partial charge in [-0.05, 0) is 92.9 Å². The van der Waals surface area contributed by atoms with Crippen LogP contribution in [0.25, 0.3) is 0 Å². The number of carbonyl (C=O) groups excluding carboxylic acids is 2. The van der Waals surface area contributed by atoms with Gasteiger partial charge in [-0.3, -0.25) is 0 Å². The Kier molecular flexibility index (Phi) is 5.96. The maximum atomic E-state index is 12.9. The molecule has 4 saturated carbocycles. The topological polar surface area (TPSA) is 114 Å². The summed E-state index contributed by atoms with van der Waals surface area (Å²) in [7, 11) is 0. The van der Waals surface area contributed by atoms with Crippen molar-refractivity contribution in [3.8, 4) is 0 Å². The average Bonchev–Trinajstić information content (AvgIpc) is 3.20. The van der Waals surface area contributed by atoms with E-state index in [4.69, 9.17) is 9.15 Å². The molecule has 7 nitrogen and oxygen atoms in total. The van der Waals surface area contributed by atoms with Crippen LogP contribution in [0.4, 0.5) is 0 Å². The van der Waals surface area contributed by atoms with Gasteiger partial charge >= 0.3 is 11.6 Å². The first kappa shape index (κ1) is 25.5. The van der Waals surface area contributed by atoms with Crippen LogP contribution < -0.4 is 5.63 Å². The lowest BCUT2D eigenvalue weighted by molar-refractivity contribution is -0.246. The SMILES string of the molecule is CC12CCC3C(CCC4(O)CC(OC(=O)c5ccccc5)CCC34C=O)C1(O)CCC2c1ccc(=O)oc1. The third-order valence-electron chi connectivity index (χ3n) is 11.1. The zero-order valence-corrected chi connectivity index (χ0v) is 21.8. The minimum absolute atomic E-state index is 0.0546. The molecule has 4 aliphatic carbocycles. The maximum absolute atomic E-state index is 12.9. The van der Waals surface area contributed by atoms with Crippen molar-refractivity contribution in [1.82, 2.24) is 0 Å². The van der Waals surface area contributed by atoms with Gasteiger partial charge in [0.2, 0.25) is 0 Å². The monoisotopic (exact) mass is 520 g/mol. The number of benzene rings is 1.